The minimum absolute atomic E-state index is 0.484. The van der Waals surface area contributed by atoms with Crippen LogP contribution in [0.5, 0.6) is 0 Å². The van der Waals surface area contributed by atoms with Gasteiger partial charge < -0.3 is 19.6 Å². The fourth-order valence-electron chi connectivity index (χ4n) is 7.50. The summed E-state index contributed by atoms with van der Waals surface area (Å²) in [5.41, 5.74) is 5.70. The molecule has 0 N–H and O–H groups in total. The molecule has 9 heteroatoms. The summed E-state index contributed by atoms with van der Waals surface area (Å²) in [4.78, 5) is 8.93. The number of hydrogen-bond donors (Lipinski definition) is 0. The summed E-state index contributed by atoms with van der Waals surface area (Å²) < 4.78 is 45.8. The minimum atomic E-state index is -4.98. The molecule has 4 aromatic rings. The Hall–Kier alpha value is -4.31. The Bertz CT molecular complexity index is 1710. The fourth-order valence-corrected chi connectivity index (χ4v) is 8.04. The first-order valence-corrected chi connectivity index (χ1v) is 20.6. The van der Waals surface area contributed by atoms with Gasteiger partial charge in [-0.2, -0.15) is 14.0 Å². The maximum atomic E-state index is 13.2. The molecule has 290 valence electrons. The second-order valence-electron chi connectivity index (χ2n) is 13.0. The highest BCUT2D eigenvalue weighted by Crippen LogP contribution is 2.51. The molecule has 0 bridgehead atoms. The molecule has 4 aromatic carbocycles. The quantitative estimate of drug-likeness (QED) is 0.0703. The zero-order valence-electron chi connectivity index (χ0n) is 33.5. The Kier molecular flexibility index (Phi) is 15.2. The van der Waals surface area contributed by atoms with E-state index in [1.165, 1.54) is 0 Å². The first kappa shape index (κ1) is 42.4. The largest absolute Gasteiger partial charge is 0.372 e. The second kappa shape index (κ2) is 19.3. The molecule has 0 aliphatic heterocycles. The van der Waals surface area contributed by atoms with Crippen molar-refractivity contribution in [3.63, 3.8) is 0 Å². The highest BCUT2D eigenvalue weighted by atomic mass is 35.7. The monoisotopic (exact) mass is 754 g/mol. The third-order valence-corrected chi connectivity index (χ3v) is 10.9. The topological polar surface area (TPSA) is 91.4 Å². The molecule has 8 nitrogen and oxygen atoms in total. The molecule has 0 aromatic heterocycles. The molecule has 4 rings (SSSR count). The van der Waals surface area contributed by atoms with Crippen LogP contribution in [-0.4, -0.2) is 52.4 Å². The van der Waals surface area contributed by atoms with Crippen molar-refractivity contribution in [2.75, 3.05) is 72.0 Å². The molecule has 0 atom stereocenters. The number of allylic oxidation sites excluding steroid dienone is 2. The molecule has 0 aliphatic rings. The van der Waals surface area contributed by atoms with Crippen molar-refractivity contribution in [3.05, 3.63) is 132 Å². The molecule has 0 aliphatic carbocycles. The van der Waals surface area contributed by atoms with E-state index in [9.17, 15) is 14.0 Å². The molecule has 0 heterocycles. The summed E-state index contributed by atoms with van der Waals surface area (Å²) in [6.07, 6.45) is 1.74. The zero-order valence-corrected chi connectivity index (χ0v) is 34.2. The van der Waals surface area contributed by atoms with Crippen LogP contribution in [-0.2, 0) is 9.89 Å². The van der Waals surface area contributed by atoms with E-state index in [2.05, 4.69) is 93.7 Å². The third-order valence-electron chi connectivity index (χ3n) is 10.4. The number of halogens is 1. The van der Waals surface area contributed by atoms with Crippen LogP contribution in [0.3, 0.4) is 0 Å². The van der Waals surface area contributed by atoms with E-state index >= 15 is 0 Å². The van der Waals surface area contributed by atoms with Crippen LogP contribution < -0.4 is 33.6 Å². The highest BCUT2D eigenvalue weighted by Gasteiger charge is 2.54. The minimum Gasteiger partial charge on any atom is -0.372 e. The summed E-state index contributed by atoms with van der Waals surface area (Å²) >= 11 is 0. The lowest BCUT2D eigenvalue weighted by molar-refractivity contribution is -1.92. The van der Waals surface area contributed by atoms with Gasteiger partial charge in [-0.1, -0.05) is 61.2 Å². The van der Waals surface area contributed by atoms with E-state index < -0.39 is 15.8 Å². The molecule has 0 saturated heterocycles. The van der Waals surface area contributed by atoms with Crippen LogP contribution in [0.15, 0.2) is 110 Å². The lowest BCUT2D eigenvalue weighted by Crippen LogP contribution is -2.64. The standard InChI is InChI=1S/C45H59ClN4O4/c1-10-43(35-19-27-39(28-20-35)47(11-2)12-3)44(36-21-29-40(30-22-36)48(13-4)14-5)45(54-46(51,52)53,37-23-31-41(32-24-37)49(15-6)16-7)38-25-33-42(34-26-38)50(17-8)18-9/h10,19-34H,1,11-18H2,2-9H3/b44-43-. The van der Waals surface area contributed by atoms with E-state index in [1.54, 1.807) is 6.08 Å². The molecule has 0 unspecified atom stereocenters. The van der Waals surface area contributed by atoms with E-state index in [-0.39, 0.29) is 0 Å². The van der Waals surface area contributed by atoms with Crippen molar-refractivity contribution in [3.8, 4) is 0 Å². The van der Waals surface area contributed by atoms with Crippen LogP contribution in [0.2, 0.25) is 0 Å². The van der Waals surface area contributed by atoms with E-state index in [0.717, 1.165) is 80.7 Å². The average Bonchev–Trinajstić information content (AvgIpc) is 3.19. The van der Waals surface area contributed by atoms with Gasteiger partial charge in [-0.3, -0.25) is 0 Å². The van der Waals surface area contributed by atoms with Gasteiger partial charge in [0.05, 0.1) is 14.5 Å². The van der Waals surface area contributed by atoms with Gasteiger partial charge >= 0.3 is 0 Å². The van der Waals surface area contributed by atoms with Crippen molar-refractivity contribution in [1.29, 1.82) is 0 Å². The van der Waals surface area contributed by atoms with E-state index in [4.69, 9.17) is 4.29 Å². The lowest BCUT2D eigenvalue weighted by Gasteiger charge is -2.35. The van der Waals surface area contributed by atoms with Gasteiger partial charge in [0.15, 0.2) is 0 Å². The number of benzene rings is 4. The number of anilines is 4. The van der Waals surface area contributed by atoms with E-state index in [0.29, 0.717) is 27.8 Å². The predicted octanol–water partition coefficient (Wildman–Crippen LogP) is 7.03. The van der Waals surface area contributed by atoms with Crippen LogP contribution in [0.1, 0.15) is 77.6 Å². The van der Waals surface area contributed by atoms with Gasteiger partial charge in [-0.15, -0.1) is 0 Å². The Morgan fingerprint density at radius 2 is 0.778 bits per heavy atom. The fraction of sp³-hybridized carbons (Fsp3) is 0.378. The van der Waals surface area contributed by atoms with E-state index in [1.807, 2.05) is 84.9 Å². The zero-order chi connectivity index (χ0) is 39.5. The van der Waals surface area contributed by atoms with Gasteiger partial charge in [0.2, 0.25) is 0 Å². The van der Waals surface area contributed by atoms with Crippen molar-refractivity contribution in [2.45, 2.75) is 61.0 Å². The van der Waals surface area contributed by atoms with Crippen LogP contribution in [0, 0.1) is 10.2 Å². The average molecular weight is 755 g/mol. The van der Waals surface area contributed by atoms with Gasteiger partial charge in [-0.25, -0.2) is 0 Å². The maximum absolute atomic E-state index is 13.2. The predicted molar refractivity (Wildman–Crippen MR) is 219 cm³/mol. The molecule has 0 spiro atoms. The Balaban J connectivity index is 2.21. The second-order valence-corrected chi connectivity index (χ2v) is 13.9. The summed E-state index contributed by atoms with van der Waals surface area (Å²) in [6, 6.07) is 31.6. The van der Waals surface area contributed by atoms with Crippen molar-refractivity contribution < 1.29 is 28.5 Å². The highest BCUT2D eigenvalue weighted by molar-refractivity contribution is 6.00. The normalized spacial score (nSPS) is 12.3. The number of hydrogen-bond acceptors (Lipinski definition) is 8. The summed E-state index contributed by atoms with van der Waals surface area (Å²) in [5.74, 6) is 0. The first-order valence-electron chi connectivity index (χ1n) is 19.4. The molecule has 0 radical (unpaired) electrons. The molecule has 0 saturated carbocycles. The Labute approximate surface area is 326 Å². The molecular formula is C45H59ClN4O4. The lowest BCUT2D eigenvalue weighted by atomic mass is 9.74. The number of rotatable bonds is 20. The molecule has 54 heavy (non-hydrogen) atoms. The van der Waals surface area contributed by atoms with Gasteiger partial charge in [0.25, 0.3) is 5.60 Å². The van der Waals surface area contributed by atoms with Crippen LogP contribution in [0.4, 0.5) is 22.7 Å². The smallest absolute Gasteiger partial charge is 0.299 e. The summed E-state index contributed by atoms with van der Waals surface area (Å²) in [5, 5.41) is 0. The summed E-state index contributed by atoms with van der Waals surface area (Å²) in [7, 11) is -4.98. The maximum Gasteiger partial charge on any atom is 0.299 e. The van der Waals surface area contributed by atoms with Crippen LogP contribution in [0.25, 0.3) is 11.1 Å². The molecule has 0 fully saturated rings. The van der Waals surface area contributed by atoms with Gasteiger partial charge in [0.1, 0.15) is 0 Å². The molecule has 0 amide bonds. The van der Waals surface area contributed by atoms with Gasteiger partial charge in [0, 0.05) is 91.8 Å². The third kappa shape index (κ3) is 9.31. The SMILES string of the molecule is C=C/C(=C(\c1ccc(N(CC)CC)cc1)C(O[Cl+3]([O-])([O-])[O-])(c1ccc(N(CC)CC)cc1)c1ccc(N(CC)CC)cc1)c1ccc(N(CC)CC)cc1. The Morgan fingerprint density at radius 3 is 1.04 bits per heavy atom. The van der Waals surface area contributed by atoms with Crippen LogP contribution >= 0.6 is 0 Å². The Morgan fingerprint density at radius 1 is 0.500 bits per heavy atom. The van der Waals surface area contributed by atoms with Crippen molar-refractivity contribution >= 4 is 33.9 Å². The van der Waals surface area contributed by atoms with Crippen molar-refractivity contribution in [2.24, 2.45) is 0 Å². The summed E-state index contributed by atoms with van der Waals surface area (Å²) in [6.45, 7) is 27.7. The van der Waals surface area contributed by atoms with Gasteiger partial charge in [-0.05, 0) is 121 Å². The number of nitrogens with zero attached hydrogens (tertiary/aromatic N) is 4. The molecular weight excluding hydrogens is 696 g/mol. The van der Waals surface area contributed by atoms with Crippen molar-refractivity contribution in [1.82, 2.24) is 0 Å². The first-order chi connectivity index (χ1) is 26.0.